The summed E-state index contributed by atoms with van der Waals surface area (Å²) in [6, 6.07) is 18.5. The fourth-order valence-electron chi connectivity index (χ4n) is 5.44. The predicted octanol–water partition coefficient (Wildman–Crippen LogP) is 1.91. The van der Waals surface area contributed by atoms with Gasteiger partial charge in [-0.3, -0.25) is 19.2 Å². The summed E-state index contributed by atoms with van der Waals surface area (Å²) in [4.78, 5) is 45.6. The summed E-state index contributed by atoms with van der Waals surface area (Å²) in [7, 11) is 0. The van der Waals surface area contributed by atoms with Gasteiger partial charge < -0.3 is 19.7 Å². The van der Waals surface area contributed by atoms with Gasteiger partial charge in [-0.2, -0.15) is 0 Å². The molecule has 2 N–H and O–H groups in total. The van der Waals surface area contributed by atoms with Crippen molar-refractivity contribution in [1.29, 1.82) is 0 Å². The first kappa shape index (κ1) is 20.2. The number of carbonyl (C=O) groups excluding carboxylic acids is 2. The van der Waals surface area contributed by atoms with Gasteiger partial charge >= 0.3 is 23.9 Å². The van der Waals surface area contributed by atoms with Crippen molar-refractivity contribution in [2.24, 2.45) is 10.8 Å². The zero-order valence-electron chi connectivity index (χ0n) is 16.9. The second-order valence-corrected chi connectivity index (χ2v) is 8.82. The first-order valence-corrected chi connectivity index (χ1v) is 10.2. The van der Waals surface area contributed by atoms with Gasteiger partial charge in [-0.05, 0) is 24.0 Å². The third kappa shape index (κ3) is 2.26. The van der Waals surface area contributed by atoms with Gasteiger partial charge in [0.2, 0.25) is 0 Å². The third-order valence-electron chi connectivity index (χ3n) is 7.50. The van der Waals surface area contributed by atoms with Gasteiger partial charge in [0.1, 0.15) is 13.2 Å². The van der Waals surface area contributed by atoms with Crippen LogP contribution in [0.4, 0.5) is 0 Å². The fourth-order valence-corrected chi connectivity index (χ4v) is 5.44. The molecule has 164 valence electrons. The molecule has 0 bridgehead atoms. The molecule has 2 aromatic carbocycles. The van der Waals surface area contributed by atoms with Crippen molar-refractivity contribution in [3.63, 3.8) is 0 Å². The monoisotopic (exact) mass is 436 g/mol. The minimum Gasteiger partial charge on any atom is -0.480 e. The van der Waals surface area contributed by atoms with Gasteiger partial charge in [0.15, 0.2) is 10.8 Å². The summed E-state index contributed by atoms with van der Waals surface area (Å²) in [5.74, 6) is -3.33. The Labute approximate surface area is 182 Å². The van der Waals surface area contributed by atoms with Gasteiger partial charge in [0, 0.05) is 0 Å². The zero-order chi connectivity index (χ0) is 22.8. The minimum absolute atomic E-state index is 0.183. The molecule has 0 amide bonds. The lowest BCUT2D eigenvalue weighted by atomic mass is 9.88. The maximum atomic E-state index is 11.6. The number of cyclic esters (lactones) is 2. The number of hydrogen-bond acceptors (Lipinski definition) is 6. The molecule has 32 heavy (non-hydrogen) atoms. The predicted molar refractivity (Wildman–Crippen MR) is 108 cm³/mol. The smallest absolute Gasteiger partial charge is 0.324 e. The van der Waals surface area contributed by atoms with E-state index in [-0.39, 0.29) is 13.2 Å². The molecule has 8 heteroatoms. The number of carbonyl (C=O) groups is 4. The van der Waals surface area contributed by atoms with E-state index in [1.54, 1.807) is 0 Å². The zero-order valence-corrected chi connectivity index (χ0v) is 16.9. The molecule has 4 atom stereocenters. The van der Waals surface area contributed by atoms with Crippen LogP contribution >= 0.6 is 0 Å². The van der Waals surface area contributed by atoms with Crippen LogP contribution in [0.1, 0.15) is 24.0 Å². The molecule has 2 aliphatic carbocycles. The number of carboxylic acids is 2. The second kappa shape index (κ2) is 6.41. The molecule has 8 nitrogen and oxygen atoms in total. The SMILES string of the molecule is O=C(O)C12CC1(c1ccccc1)COC2=O.O=C(O)[C@]12C[C@@]1(c1ccccc1)COC2=O. The summed E-state index contributed by atoms with van der Waals surface area (Å²) in [6.45, 7) is 0.365. The molecule has 2 saturated carbocycles. The van der Waals surface area contributed by atoms with Crippen molar-refractivity contribution < 1.29 is 38.9 Å². The average molecular weight is 436 g/mol. The van der Waals surface area contributed by atoms with Crippen molar-refractivity contribution >= 4 is 23.9 Å². The van der Waals surface area contributed by atoms with E-state index in [1.165, 1.54) is 0 Å². The molecule has 2 aromatic rings. The Kier molecular flexibility index (Phi) is 4.06. The maximum Gasteiger partial charge on any atom is 0.324 e. The summed E-state index contributed by atoms with van der Waals surface area (Å²) in [5, 5.41) is 18.4. The average Bonchev–Trinajstić information content (AvgIpc) is 3.64. The van der Waals surface area contributed by atoms with Crippen LogP contribution in [0.2, 0.25) is 0 Å². The number of ether oxygens (including phenoxy) is 2. The molecule has 2 aliphatic heterocycles. The van der Waals surface area contributed by atoms with Crippen molar-refractivity contribution in [2.45, 2.75) is 23.7 Å². The quantitative estimate of drug-likeness (QED) is 0.550. The van der Waals surface area contributed by atoms with E-state index in [1.807, 2.05) is 60.7 Å². The highest BCUT2D eigenvalue weighted by Crippen LogP contribution is 2.69. The molecular formula is C24H20O8. The van der Waals surface area contributed by atoms with E-state index in [9.17, 15) is 29.4 Å². The number of rotatable bonds is 4. The van der Waals surface area contributed by atoms with E-state index >= 15 is 0 Å². The number of fused-ring (bicyclic) bond motifs is 2. The molecular weight excluding hydrogens is 416 g/mol. The van der Waals surface area contributed by atoms with Crippen LogP contribution in [0, 0.1) is 10.8 Å². The van der Waals surface area contributed by atoms with E-state index < -0.39 is 45.5 Å². The minimum atomic E-state index is -1.33. The summed E-state index contributed by atoms with van der Waals surface area (Å²) in [6.07, 6.45) is 0.719. The first-order chi connectivity index (χ1) is 15.3. The molecule has 0 radical (unpaired) electrons. The highest BCUT2D eigenvalue weighted by Gasteiger charge is 2.83. The number of carboxylic acid groups (broad SMARTS) is 2. The van der Waals surface area contributed by atoms with Crippen molar-refractivity contribution in [2.75, 3.05) is 13.2 Å². The van der Waals surface area contributed by atoms with Crippen molar-refractivity contribution in [3.05, 3.63) is 71.8 Å². The standard InChI is InChI=1S/2C12H10O4/c2*13-9(14)12-6-11(12,7-16-10(12)15)8-4-2-1-3-5-8/h2*1-5H,6-7H2,(H,13,14)/t11-,12-;/m0./s1. The van der Waals surface area contributed by atoms with E-state index in [2.05, 4.69) is 0 Å². The molecule has 0 spiro atoms. The fraction of sp³-hybridized carbons (Fsp3) is 0.333. The first-order valence-electron chi connectivity index (χ1n) is 10.2. The Morgan fingerprint density at radius 1 is 0.656 bits per heavy atom. The Balaban J connectivity index is 0.000000135. The Hall–Kier alpha value is -3.68. The second-order valence-electron chi connectivity index (χ2n) is 8.82. The van der Waals surface area contributed by atoms with Gasteiger partial charge in [-0.15, -0.1) is 0 Å². The van der Waals surface area contributed by atoms with Crippen molar-refractivity contribution in [3.8, 4) is 0 Å². The molecule has 4 aliphatic rings. The highest BCUT2D eigenvalue weighted by atomic mass is 16.6. The summed E-state index contributed by atoms with van der Waals surface area (Å²) in [5.41, 5.74) is -2.15. The van der Waals surface area contributed by atoms with Gasteiger partial charge in [0.25, 0.3) is 0 Å². The lowest BCUT2D eigenvalue weighted by Crippen LogP contribution is -2.28. The highest BCUT2D eigenvalue weighted by molar-refractivity contribution is 6.08. The van der Waals surface area contributed by atoms with Crippen LogP contribution in [0.5, 0.6) is 0 Å². The Morgan fingerprint density at radius 3 is 1.28 bits per heavy atom. The van der Waals surface area contributed by atoms with E-state index in [4.69, 9.17) is 9.47 Å². The molecule has 2 saturated heterocycles. The topological polar surface area (TPSA) is 127 Å². The van der Waals surface area contributed by atoms with Gasteiger partial charge in [0.05, 0.1) is 10.8 Å². The van der Waals surface area contributed by atoms with Crippen LogP contribution in [0.25, 0.3) is 0 Å². The largest absolute Gasteiger partial charge is 0.480 e. The van der Waals surface area contributed by atoms with Gasteiger partial charge in [-0.25, -0.2) is 0 Å². The van der Waals surface area contributed by atoms with Crippen LogP contribution in [0.15, 0.2) is 60.7 Å². The van der Waals surface area contributed by atoms with E-state index in [0.29, 0.717) is 12.8 Å². The third-order valence-corrected chi connectivity index (χ3v) is 7.50. The molecule has 2 heterocycles. The van der Waals surface area contributed by atoms with E-state index in [0.717, 1.165) is 11.1 Å². The summed E-state index contributed by atoms with van der Waals surface area (Å²) < 4.78 is 9.84. The van der Waals surface area contributed by atoms with Gasteiger partial charge in [-0.1, -0.05) is 60.7 Å². The van der Waals surface area contributed by atoms with Crippen LogP contribution in [-0.2, 0) is 39.5 Å². The lowest BCUT2D eigenvalue weighted by Gasteiger charge is -2.11. The number of aliphatic carboxylic acids is 2. The Morgan fingerprint density at radius 2 is 1.00 bits per heavy atom. The number of benzene rings is 2. The number of esters is 2. The molecule has 4 fully saturated rings. The lowest BCUT2D eigenvalue weighted by molar-refractivity contribution is -0.158. The van der Waals surface area contributed by atoms with Crippen LogP contribution in [-0.4, -0.2) is 47.3 Å². The van der Waals surface area contributed by atoms with Crippen molar-refractivity contribution in [1.82, 2.24) is 0 Å². The van der Waals surface area contributed by atoms with Crippen LogP contribution < -0.4 is 0 Å². The maximum absolute atomic E-state index is 11.6. The summed E-state index contributed by atoms with van der Waals surface area (Å²) >= 11 is 0. The van der Waals surface area contributed by atoms with Crippen LogP contribution in [0.3, 0.4) is 0 Å². The normalized spacial score (nSPS) is 35.4. The number of hydrogen-bond donors (Lipinski definition) is 2. The molecule has 2 unspecified atom stereocenters. The molecule has 0 aromatic heterocycles. The Bertz CT molecular complexity index is 1050. The molecule has 6 rings (SSSR count).